The number of rotatable bonds is 6. The van der Waals surface area contributed by atoms with Crippen LogP contribution >= 0.6 is 0 Å². The third kappa shape index (κ3) is 4.43. The van der Waals surface area contributed by atoms with Gasteiger partial charge >= 0.3 is 0 Å². The van der Waals surface area contributed by atoms with Gasteiger partial charge in [0.05, 0.1) is 0 Å². The van der Waals surface area contributed by atoms with Crippen LogP contribution in [0.5, 0.6) is 0 Å². The van der Waals surface area contributed by atoms with E-state index in [1.54, 1.807) is 0 Å². The second-order valence-electron chi connectivity index (χ2n) is 5.55. The topological polar surface area (TPSA) is 21.3 Å². The van der Waals surface area contributed by atoms with Gasteiger partial charge in [-0.05, 0) is 52.4 Å². The molecule has 2 nitrogen and oxygen atoms in total. The van der Waals surface area contributed by atoms with Gasteiger partial charge < -0.3 is 10.1 Å². The van der Waals surface area contributed by atoms with Crippen LogP contribution in [0, 0.1) is 5.41 Å². The van der Waals surface area contributed by atoms with Crippen molar-refractivity contribution in [3.8, 4) is 0 Å². The van der Waals surface area contributed by atoms with E-state index in [1.807, 2.05) is 0 Å². The van der Waals surface area contributed by atoms with E-state index in [9.17, 15) is 0 Å². The largest absolute Gasteiger partial charge is 0.382 e. The van der Waals surface area contributed by atoms with Gasteiger partial charge in [0.15, 0.2) is 0 Å². The highest BCUT2D eigenvalue weighted by Crippen LogP contribution is 2.48. The fourth-order valence-corrected chi connectivity index (χ4v) is 1.58. The first-order chi connectivity index (χ1) is 6.47. The molecule has 2 heteroatoms. The van der Waals surface area contributed by atoms with Crippen molar-refractivity contribution in [3.63, 3.8) is 0 Å². The molecule has 0 unspecified atom stereocenters. The Kier molecular flexibility index (Phi) is 3.96. The van der Waals surface area contributed by atoms with Crippen LogP contribution in [0.3, 0.4) is 0 Å². The quantitative estimate of drug-likeness (QED) is 0.664. The van der Waals surface area contributed by atoms with E-state index >= 15 is 0 Å². The first kappa shape index (κ1) is 12.0. The van der Waals surface area contributed by atoms with Gasteiger partial charge in [0.1, 0.15) is 0 Å². The second kappa shape index (κ2) is 4.63. The Balaban J connectivity index is 2.16. The van der Waals surface area contributed by atoms with E-state index < -0.39 is 0 Å². The number of hydrogen-bond donors (Lipinski definition) is 1. The number of nitrogens with one attached hydrogen (secondary N) is 1. The summed E-state index contributed by atoms with van der Waals surface area (Å²) in [5.41, 5.74) is 0.823. The Morgan fingerprint density at radius 2 is 1.93 bits per heavy atom. The van der Waals surface area contributed by atoms with Crippen LogP contribution in [0.15, 0.2) is 0 Å². The molecular weight excluding hydrogens is 174 g/mol. The lowest BCUT2D eigenvalue weighted by Gasteiger charge is -2.25. The van der Waals surface area contributed by atoms with Crippen LogP contribution < -0.4 is 5.32 Å². The van der Waals surface area contributed by atoms with Crippen LogP contribution in [0.2, 0.25) is 0 Å². The van der Waals surface area contributed by atoms with Crippen LogP contribution in [0.1, 0.15) is 47.0 Å². The molecule has 0 atom stereocenters. The minimum Gasteiger partial charge on any atom is -0.382 e. The van der Waals surface area contributed by atoms with E-state index in [2.05, 4.69) is 33.0 Å². The van der Waals surface area contributed by atoms with Crippen molar-refractivity contribution in [3.05, 3.63) is 0 Å². The molecule has 0 saturated heterocycles. The Labute approximate surface area is 88.4 Å². The minimum atomic E-state index is 0.251. The molecule has 0 aromatic carbocycles. The van der Waals surface area contributed by atoms with E-state index in [-0.39, 0.29) is 5.54 Å². The van der Waals surface area contributed by atoms with Crippen molar-refractivity contribution < 1.29 is 4.74 Å². The molecule has 0 aromatic heterocycles. The predicted molar refractivity (Wildman–Crippen MR) is 60.5 cm³/mol. The maximum atomic E-state index is 5.41. The fourth-order valence-electron chi connectivity index (χ4n) is 1.58. The Morgan fingerprint density at radius 1 is 1.29 bits per heavy atom. The molecular formula is C12H25NO. The van der Waals surface area contributed by atoms with Gasteiger partial charge in [0.2, 0.25) is 0 Å². The molecule has 0 radical (unpaired) electrons. The summed E-state index contributed by atoms with van der Waals surface area (Å²) in [5.74, 6) is 0. The first-order valence-electron chi connectivity index (χ1n) is 5.80. The molecule has 0 aliphatic heterocycles. The molecule has 1 saturated carbocycles. The van der Waals surface area contributed by atoms with Gasteiger partial charge in [-0.15, -0.1) is 0 Å². The van der Waals surface area contributed by atoms with E-state index in [4.69, 9.17) is 4.74 Å². The van der Waals surface area contributed by atoms with Gasteiger partial charge in [0, 0.05) is 25.3 Å². The van der Waals surface area contributed by atoms with Crippen molar-refractivity contribution in [1.29, 1.82) is 0 Å². The van der Waals surface area contributed by atoms with E-state index in [0.717, 1.165) is 19.8 Å². The average molecular weight is 199 g/mol. The molecule has 1 aliphatic rings. The van der Waals surface area contributed by atoms with Crippen molar-refractivity contribution in [2.24, 2.45) is 5.41 Å². The van der Waals surface area contributed by atoms with Crippen molar-refractivity contribution in [1.82, 2.24) is 5.32 Å². The summed E-state index contributed by atoms with van der Waals surface area (Å²) in [7, 11) is 0. The van der Waals surface area contributed by atoms with Crippen LogP contribution in [0.25, 0.3) is 0 Å². The van der Waals surface area contributed by atoms with E-state index in [0.29, 0.717) is 5.41 Å². The molecule has 0 heterocycles. The standard InChI is InChI=1S/C12H25NO/c1-5-14-9-8-12(6-7-12)10-13-11(2,3)4/h13H,5-10H2,1-4H3. The molecule has 1 fully saturated rings. The molecule has 0 amide bonds. The first-order valence-corrected chi connectivity index (χ1v) is 5.80. The maximum absolute atomic E-state index is 5.41. The van der Waals surface area contributed by atoms with Gasteiger partial charge in [-0.3, -0.25) is 0 Å². The number of hydrogen-bond acceptors (Lipinski definition) is 2. The van der Waals surface area contributed by atoms with E-state index in [1.165, 1.54) is 19.3 Å². The molecule has 1 aliphatic carbocycles. The maximum Gasteiger partial charge on any atom is 0.0471 e. The Bertz CT molecular complexity index is 168. The summed E-state index contributed by atoms with van der Waals surface area (Å²) in [6.45, 7) is 11.7. The van der Waals surface area contributed by atoms with Crippen molar-refractivity contribution in [2.45, 2.75) is 52.5 Å². The molecule has 1 rings (SSSR count). The Morgan fingerprint density at radius 3 is 2.36 bits per heavy atom. The number of ether oxygens (including phenoxy) is 1. The van der Waals surface area contributed by atoms with Gasteiger partial charge in [0.25, 0.3) is 0 Å². The summed E-state index contributed by atoms with van der Waals surface area (Å²) in [6.07, 6.45) is 3.98. The lowest BCUT2D eigenvalue weighted by molar-refractivity contribution is 0.126. The third-order valence-corrected chi connectivity index (χ3v) is 2.93. The monoisotopic (exact) mass is 199 g/mol. The third-order valence-electron chi connectivity index (χ3n) is 2.93. The molecule has 0 aromatic rings. The normalized spacial score (nSPS) is 19.7. The van der Waals surface area contributed by atoms with Crippen molar-refractivity contribution >= 4 is 0 Å². The summed E-state index contributed by atoms with van der Waals surface area (Å²) in [6, 6.07) is 0. The molecule has 84 valence electrons. The second-order valence-corrected chi connectivity index (χ2v) is 5.55. The van der Waals surface area contributed by atoms with Crippen LogP contribution in [-0.4, -0.2) is 25.3 Å². The van der Waals surface area contributed by atoms with Crippen LogP contribution in [-0.2, 0) is 4.74 Å². The highest BCUT2D eigenvalue weighted by Gasteiger charge is 2.42. The predicted octanol–water partition coefficient (Wildman–Crippen LogP) is 2.58. The summed E-state index contributed by atoms with van der Waals surface area (Å²) >= 11 is 0. The smallest absolute Gasteiger partial charge is 0.0471 e. The van der Waals surface area contributed by atoms with Crippen LogP contribution in [0.4, 0.5) is 0 Å². The van der Waals surface area contributed by atoms with Gasteiger partial charge in [-0.1, -0.05) is 0 Å². The zero-order valence-corrected chi connectivity index (χ0v) is 10.2. The summed E-state index contributed by atoms with van der Waals surface area (Å²) < 4.78 is 5.41. The van der Waals surface area contributed by atoms with Gasteiger partial charge in [-0.2, -0.15) is 0 Å². The summed E-state index contributed by atoms with van der Waals surface area (Å²) in [4.78, 5) is 0. The summed E-state index contributed by atoms with van der Waals surface area (Å²) in [5, 5.41) is 3.60. The SMILES string of the molecule is CCOCCC1(CNC(C)(C)C)CC1. The lowest BCUT2D eigenvalue weighted by Crippen LogP contribution is -2.40. The molecule has 14 heavy (non-hydrogen) atoms. The minimum absolute atomic E-state index is 0.251. The lowest BCUT2D eigenvalue weighted by atomic mass is 10.0. The Hall–Kier alpha value is -0.0800. The zero-order valence-electron chi connectivity index (χ0n) is 10.2. The van der Waals surface area contributed by atoms with Crippen molar-refractivity contribution in [2.75, 3.05) is 19.8 Å². The average Bonchev–Trinajstić information content (AvgIpc) is 2.82. The highest BCUT2D eigenvalue weighted by atomic mass is 16.5. The van der Waals surface area contributed by atoms with Gasteiger partial charge in [-0.25, -0.2) is 0 Å². The molecule has 0 spiro atoms. The molecule has 0 bridgehead atoms. The highest BCUT2D eigenvalue weighted by molar-refractivity contribution is 4.95. The molecule has 1 N–H and O–H groups in total. The fraction of sp³-hybridized carbons (Fsp3) is 1.00. The zero-order chi connectivity index (χ0) is 10.7.